The predicted molar refractivity (Wildman–Crippen MR) is 99.9 cm³/mol. The smallest absolute Gasteiger partial charge is 0.303 e. The number of carbonyl (C=O) groups is 2. The molecule has 0 radical (unpaired) electrons. The molecule has 2 heterocycles. The second-order valence-electron chi connectivity index (χ2n) is 5.80. The lowest BCUT2D eigenvalue weighted by Crippen LogP contribution is -2.21. The van der Waals surface area contributed by atoms with Gasteiger partial charge in [-0.1, -0.05) is 18.2 Å². The maximum absolute atomic E-state index is 12.7. The van der Waals surface area contributed by atoms with E-state index in [9.17, 15) is 14.4 Å². The van der Waals surface area contributed by atoms with E-state index < -0.39 is 5.97 Å². The van der Waals surface area contributed by atoms with Crippen molar-refractivity contribution in [2.75, 3.05) is 5.32 Å². The molecule has 7 nitrogen and oxygen atoms in total. The molecule has 3 aromatic rings. The molecule has 0 aliphatic heterocycles. The molecule has 2 aromatic heterocycles. The quantitative estimate of drug-likeness (QED) is 0.694. The molecule has 0 bridgehead atoms. The number of nitrogens with zero attached hydrogens (tertiary/aromatic N) is 2. The lowest BCUT2D eigenvalue weighted by atomic mass is 10.2. The van der Waals surface area contributed by atoms with Gasteiger partial charge in [-0.05, 0) is 31.0 Å². The summed E-state index contributed by atoms with van der Waals surface area (Å²) in [6.45, 7) is 2.00. The molecular weight excluding hydrogens is 354 g/mol. The Balaban J connectivity index is 1.90. The van der Waals surface area contributed by atoms with Crippen molar-refractivity contribution in [2.24, 2.45) is 0 Å². The first-order valence-electron chi connectivity index (χ1n) is 8.04. The average Bonchev–Trinajstić information content (AvgIpc) is 2.95. The summed E-state index contributed by atoms with van der Waals surface area (Å²) >= 11 is 1.17. The molecule has 8 heteroatoms. The third-order valence-corrected chi connectivity index (χ3v) is 5.14. The van der Waals surface area contributed by atoms with Gasteiger partial charge in [-0.3, -0.25) is 19.0 Å². The molecule has 0 unspecified atom stereocenters. The van der Waals surface area contributed by atoms with E-state index in [-0.39, 0.29) is 24.4 Å². The van der Waals surface area contributed by atoms with Gasteiger partial charge < -0.3 is 10.4 Å². The molecular formula is C18H17N3O4S. The fraction of sp³-hybridized carbons (Fsp3) is 0.222. The van der Waals surface area contributed by atoms with Crippen molar-refractivity contribution in [3.05, 3.63) is 57.5 Å². The van der Waals surface area contributed by atoms with Crippen LogP contribution >= 0.6 is 11.3 Å². The van der Waals surface area contributed by atoms with E-state index in [0.29, 0.717) is 32.8 Å². The van der Waals surface area contributed by atoms with Gasteiger partial charge in [0.2, 0.25) is 0 Å². The predicted octanol–water partition coefficient (Wildman–Crippen LogP) is 2.88. The molecule has 134 valence electrons. The average molecular weight is 371 g/mol. The van der Waals surface area contributed by atoms with Crippen molar-refractivity contribution in [1.82, 2.24) is 9.55 Å². The molecule has 0 fully saturated rings. The number of anilines is 1. The largest absolute Gasteiger partial charge is 0.481 e. The minimum absolute atomic E-state index is 0.0160. The minimum atomic E-state index is -0.904. The summed E-state index contributed by atoms with van der Waals surface area (Å²) in [5.74, 6) is -1.19. The summed E-state index contributed by atoms with van der Waals surface area (Å²) in [5.41, 5.74) is 1.00. The van der Waals surface area contributed by atoms with Crippen LogP contribution in [-0.4, -0.2) is 26.5 Å². The molecule has 26 heavy (non-hydrogen) atoms. The Bertz CT molecular complexity index is 1020. The lowest BCUT2D eigenvalue weighted by molar-refractivity contribution is -0.137. The Morgan fingerprint density at radius 3 is 2.69 bits per heavy atom. The van der Waals surface area contributed by atoms with Crippen molar-refractivity contribution >= 4 is 39.1 Å². The van der Waals surface area contributed by atoms with Crippen LogP contribution in [0.25, 0.3) is 10.2 Å². The summed E-state index contributed by atoms with van der Waals surface area (Å²) in [4.78, 5) is 41.0. The number of hydrogen-bond acceptors (Lipinski definition) is 5. The number of carboxylic acid groups (broad SMARTS) is 1. The zero-order valence-corrected chi connectivity index (χ0v) is 14.9. The molecule has 2 N–H and O–H groups in total. The number of aromatic nitrogens is 2. The van der Waals surface area contributed by atoms with Gasteiger partial charge in [0, 0.05) is 18.7 Å². The maximum atomic E-state index is 12.7. The van der Waals surface area contributed by atoms with Crippen molar-refractivity contribution in [2.45, 2.75) is 26.3 Å². The van der Waals surface area contributed by atoms with E-state index >= 15 is 0 Å². The van der Waals surface area contributed by atoms with E-state index in [2.05, 4.69) is 10.3 Å². The molecule has 0 spiro atoms. The van der Waals surface area contributed by atoms with Gasteiger partial charge in [-0.2, -0.15) is 0 Å². The van der Waals surface area contributed by atoms with Crippen molar-refractivity contribution in [1.29, 1.82) is 0 Å². The van der Waals surface area contributed by atoms with Crippen LogP contribution in [0, 0.1) is 6.92 Å². The van der Waals surface area contributed by atoms with Crippen LogP contribution in [0.3, 0.4) is 0 Å². The SMILES string of the molecule is Cc1c(C(=O)Nc2ccccc2)sc2ncn(CCCC(=O)O)c(=O)c12. The van der Waals surface area contributed by atoms with Crippen LogP contribution in [-0.2, 0) is 11.3 Å². The molecule has 3 rings (SSSR count). The van der Waals surface area contributed by atoms with Gasteiger partial charge >= 0.3 is 5.97 Å². The van der Waals surface area contributed by atoms with E-state index in [1.165, 1.54) is 22.2 Å². The first-order chi connectivity index (χ1) is 12.5. The summed E-state index contributed by atoms with van der Waals surface area (Å²) < 4.78 is 1.39. The summed E-state index contributed by atoms with van der Waals surface area (Å²) in [7, 11) is 0. The molecule has 0 atom stereocenters. The third kappa shape index (κ3) is 3.65. The van der Waals surface area contributed by atoms with Crippen LogP contribution in [0.4, 0.5) is 5.69 Å². The standard InChI is InChI=1S/C18H17N3O4S/c1-11-14-17(19-10-21(18(14)25)9-5-8-13(22)23)26-15(11)16(24)20-12-6-3-2-4-7-12/h2-4,6-7,10H,5,8-9H2,1H3,(H,20,24)(H,22,23). The van der Waals surface area contributed by atoms with E-state index in [0.717, 1.165) is 0 Å². The third-order valence-electron chi connectivity index (χ3n) is 3.94. The first-order valence-corrected chi connectivity index (χ1v) is 8.85. The Kier molecular flexibility index (Phi) is 5.13. The van der Waals surface area contributed by atoms with Crippen LogP contribution < -0.4 is 10.9 Å². The number of aliphatic carboxylic acids is 1. The lowest BCUT2D eigenvalue weighted by Gasteiger charge is -2.04. The molecule has 0 aliphatic rings. The van der Waals surface area contributed by atoms with Crippen LogP contribution in [0.1, 0.15) is 28.1 Å². The van der Waals surface area contributed by atoms with Crippen molar-refractivity contribution < 1.29 is 14.7 Å². The number of carbonyl (C=O) groups excluding carboxylic acids is 1. The number of para-hydroxylation sites is 1. The summed E-state index contributed by atoms with van der Waals surface area (Å²) in [6, 6.07) is 9.08. The molecule has 1 aromatic carbocycles. The zero-order chi connectivity index (χ0) is 18.7. The Labute approximate surface area is 152 Å². The van der Waals surface area contributed by atoms with Crippen molar-refractivity contribution in [3.63, 3.8) is 0 Å². The number of nitrogens with one attached hydrogen (secondary N) is 1. The first kappa shape index (κ1) is 17.8. The normalized spacial score (nSPS) is 10.8. The number of fused-ring (bicyclic) bond motifs is 1. The van der Waals surface area contributed by atoms with Gasteiger partial charge in [0.25, 0.3) is 11.5 Å². The molecule has 0 saturated carbocycles. The Morgan fingerprint density at radius 2 is 2.00 bits per heavy atom. The highest BCUT2D eigenvalue weighted by molar-refractivity contribution is 7.20. The van der Waals surface area contributed by atoms with Gasteiger partial charge in [-0.25, -0.2) is 4.98 Å². The fourth-order valence-electron chi connectivity index (χ4n) is 2.65. The van der Waals surface area contributed by atoms with Crippen LogP contribution in [0.5, 0.6) is 0 Å². The van der Waals surface area contributed by atoms with Crippen LogP contribution in [0.2, 0.25) is 0 Å². The minimum Gasteiger partial charge on any atom is -0.481 e. The number of rotatable bonds is 6. The van der Waals surface area contributed by atoms with Gasteiger partial charge in [0.15, 0.2) is 0 Å². The van der Waals surface area contributed by atoms with Crippen molar-refractivity contribution in [3.8, 4) is 0 Å². The number of carboxylic acids is 1. The fourth-order valence-corrected chi connectivity index (χ4v) is 3.68. The monoisotopic (exact) mass is 371 g/mol. The highest BCUT2D eigenvalue weighted by Crippen LogP contribution is 2.27. The molecule has 0 saturated heterocycles. The maximum Gasteiger partial charge on any atom is 0.303 e. The van der Waals surface area contributed by atoms with Crippen LogP contribution in [0.15, 0.2) is 41.5 Å². The van der Waals surface area contributed by atoms with E-state index in [1.54, 1.807) is 19.1 Å². The zero-order valence-electron chi connectivity index (χ0n) is 14.1. The Hall–Kier alpha value is -3.00. The van der Waals surface area contributed by atoms with Gasteiger partial charge in [-0.15, -0.1) is 11.3 Å². The molecule has 0 aliphatic carbocycles. The number of thiophene rings is 1. The Morgan fingerprint density at radius 1 is 1.27 bits per heavy atom. The van der Waals surface area contributed by atoms with E-state index in [1.807, 2.05) is 18.2 Å². The molecule has 1 amide bonds. The number of benzene rings is 1. The van der Waals surface area contributed by atoms with E-state index in [4.69, 9.17) is 5.11 Å². The number of hydrogen-bond donors (Lipinski definition) is 2. The highest BCUT2D eigenvalue weighted by atomic mass is 32.1. The number of aryl methyl sites for hydroxylation is 2. The second-order valence-corrected chi connectivity index (χ2v) is 6.80. The second kappa shape index (κ2) is 7.49. The van der Waals surface area contributed by atoms with Gasteiger partial charge in [0.05, 0.1) is 16.6 Å². The topological polar surface area (TPSA) is 101 Å². The number of amides is 1. The summed E-state index contributed by atoms with van der Waals surface area (Å²) in [5, 5.41) is 11.9. The summed E-state index contributed by atoms with van der Waals surface area (Å²) in [6.07, 6.45) is 1.73. The van der Waals surface area contributed by atoms with Gasteiger partial charge in [0.1, 0.15) is 4.83 Å². The highest BCUT2D eigenvalue weighted by Gasteiger charge is 2.19.